The van der Waals surface area contributed by atoms with Gasteiger partial charge in [-0.1, -0.05) is 27.7 Å². The fraction of sp³-hybridized carbons (Fsp3) is 0.867. The predicted octanol–water partition coefficient (Wildman–Crippen LogP) is 1.09. The first-order chi connectivity index (χ1) is 9.49. The van der Waals surface area contributed by atoms with Gasteiger partial charge in [-0.2, -0.15) is 0 Å². The van der Waals surface area contributed by atoms with E-state index in [1.165, 1.54) is 0 Å². The largest absolute Gasteiger partial charge is 0.332 e. The van der Waals surface area contributed by atoms with Gasteiger partial charge in [-0.25, -0.2) is 0 Å². The van der Waals surface area contributed by atoms with Crippen LogP contribution >= 0.6 is 0 Å². The number of carbonyl (C=O) groups is 2. The van der Waals surface area contributed by atoms with E-state index in [-0.39, 0.29) is 30.9 Å². The normalized spacial score (nSPS) is 18.1. The molecule has 0 radical (unpaired) electrons. The van der Waals surface area contributed by atoms with Crippen LogP contribution in [0.3, 0.4) is 0 Å². The Kier molecular flexibility index (Phi) is 6.99. The molecular formula is C15H29N3O2. The number of nitrogens with one attached hydrogen (secondary N) is 1. The van der Waals surface area contributed by atoms with Crippen LogP contribution in [0, 0.1) is 5.92 Å². The summed E-state index contributed by atoms with van der Waals surface area (Å²) in [6.07, 6.45) is 1.96. The highest BCUT2D eigenvalue weighted by molar-refractivity contribution is 5.92. The molecule has 0 spiro atoms. The van der Waals surface area contributed by atoms with E-state index in [1.54, 1.807) is 9.80 Å². The van der Waals surface area contributed by atoms with E-state index < -0.39 is 0 Å². The van der Waals surface area contributed by atoms with Crippen molar-refractivity contribution in [1.82, 2.24) is 15.1 Å². The Hall–Kier alpha value is -1.10. The number of hydrogen-bond donors (Lipinski definition) is 1. The molecule has 20 heavy (non-hydrogen) atoms. The molecule has 1 rings (SSSR count). The molecule has 0 saturated carbocycles. The molecule has 1 unspecified atom stereocenters. The Bertz CT molecular complexity index is 331. The van der Waals surface area contributed by atoms with Crippen LogP contribution in [-0.4, -0.2) is 60.4 Å². The van der Waals surface area contributed by atoms with Gasteiger partial charge in [0.25, 0.3) is 0 Å². The molecule has 1 aliphatic heterocycles. The van der Waals surface area contributed by atoms with Gasteiger partial charge in [0.05, 0.1) is 13.1 Å². The monoisotopic (exact) mass is 283 g/mol. The van der Waals surface area contributed by atoms with E-state index in [0.29, 0.717) is 19.0 Å². The van der Waals surface area contributed by atoms with Gasteiger partial charge in [0.2, 0.25) is 11.8 Å². The van der Waals surface area contributed by atoms with Gasteiger partial charge in [-0.15, -0.1) is 0 Å². The highest BCUT2D eigenvalue weighted by Crippen LogP contribution is 2.10. The topological polar surface area (TPSA) is 52.7 Å². The van der Waals surface area contributed by atoms with Crippen molar-refractivity contribution < 1.29 is 9.59 Å². The molecule has 0 aliphatic carbocycles. The van der Waals surface area contributed by atoms with Crippen LogP contribution in [0.2, 0.25) is 0 Å². The van der Waals surface area contributed by atoms with Crippen LogP contribution < -0.4 is 5.32 Å². The second-order valence-corrected chi connectivity index (χ2v) is 5.89. The summed E-state index contributed by atoms with van der Waals surface area (Å²) in [5, 5.41) is 3.47. The summed E-state index contributed by atoms with van der Waals surface area (Å²) in [5.74, 6) is 0.588. The van der Waals surface area contributed by atoms with E-state index >= 15 is 0 Å². The lowest BCUT2D eigenvalue weighted by molar-refractivity contribution is -0.150. The number of hydrogen-bond acceptors (Lipinski definition) is 3. The minimum atomic E-state index is 0.0713. The third-order valence-corrected chi connectivity index (χ3v) is 3.73. The summed E-state index contributed by atoms with van der Waals surface area (Å²) in [7, 11) is 0. The molecular weight excluding hydrogens is 254 g/mol. The molecule has 0 aromatic rings. The zero-order chi connectivity index (χ0) is 15.1. The average Bonchev–Trinajstić information content (AvgIpc) is 2.39. The Morgan fingerprint density at radius 2 is 1.65 bits per heavy atom. The molecule has 1 aliphatic rings. The molecule has 5 heteroatoms. The molecule has 2 amide bonds. The van der Waals surface area contributed by atoms with E-state index in [4.69, 9.17) is 0 Å². The van der Waals surface area contributed by atoms with E-state index in [9.17, 15) is 9.59 Å². The van der Waals surface area contributed by atoms with Crippen molar-refractivity contribution in [2.45, 2.75) is 46.6 Å². The summed E-state index contributed by atoms with van der Waals surface area (Å²) in [4.78, 5) is 27.6. The average molecular weight is 283 g/mol. The van der Waals surface area contributed by atoms with Gasteiger partial charge in [0.15, 0.2) is 0 Å². The smallest absolute Gasteiger partial charge is 0.242 e. The number of nitrogens with zero attached hydrogens (tertiary/aromatic N) is 2. The van der Waals surface area contributed by atoms with Crippen molar-refractivity contribution in [2.24, 2.45) is 5.92 Å². The lowest BCUT2D eigenvalue weighted by Gasteiger charge is -2.36. The van der Waals surface area contributed by atoms with Gasteiger partial charge in [-0.3, -0.25) is 9.59 Å². The zero-order valence-corrected chi connectivity index (χ0v) is 13.3. The van der Waals surface area contributed by atoms with Crippen molar-refractivity contribution in [1.29, 1.82) is 0 Å². The molecule has 1 heterocycles. The SMILES string of the molecule is CCCNC(CN1CC(=O)N(CCC)CC1=O)C(C)C. The van der Waals surface area contributed by atoms with Crippen LogP contribution in [0.5, 0.6) is 0 Å². The standard InChI is InChI=1S/C15H29N3O2/c1-5-7-16-13(12(3)4)9-18-11-14(19)17(8-6-2)10-15(18)20/h12-13,16H,5-11H2,1-4H3. The minimum Gasteiger partial charge on any atom is -0.332 e. The van der Waals surface area contributed by atoms with Gasteiger partial charge >= 0.3 is 0 Å². The van der Waals surface area contributed by atoms with Gasteiger partial charge in [0.1, 0.15) is 0 Å². The fourth-order valence-corrected chi connectivity index (χ4v) is 2.42. The zero-order valence-electron chi connectivity index (χ0n) is 13.3. The lowest BCUT2D eigenvalue weighted by Crippen LogP contribution is -2.57. The molecule has 0 aromatic heterocycles. The molecule has 1 atom stereocenters. The summed E-state index contributed by atoms with van der Waals surface area (Å²) < 4.78 is 0. The molecule has 1 saturated heterocycles. The van der Waals surface area contributed by atoms with Crippen LogP contribution in [0.4, 0.5) is 0 Å². The Labute approximate surface area is 122 Å². The van der Waals surface area contributed by atoms with Crippen molar-refractivity contribution >= 4 is 11.8 Å². The third kappa shape index (κ3) is 4.78. The second-order valence-electron chi connectivity index (χ2n) is 5.89. The van der Waals surface area contributed by atoms with Crippen molar-refractivity contribution in [3.63, 3.8) is 0 Å². The van der Waals surface area contributed by atoms with Crippen LogP contribution in [-0.2, 0) is 9.59 Å². The maximum Gasteiger partial charge on any atom is 0.242 e. The van der Waals surface area contributed by atoms with Crippen molar-refractivity contribution in [3.05, 3.63) is 0 Å². The van der Waals surface area contributed by atoms with Crippen LogP contribution in [0.25, 0.3) is 0 Å². The van der Waals surface area contributed by atoms with Crippen LogP contribution in [0.1, 0.15) is 40.5 Å². The maximum absolute atomic E-state index is 12.2. The summed E-state index contributed by atoms with van der Waals surface area (Å²) in [6, 6.07) is 0.254. The van der Waals surface area contributed by atoms with Gasteiger partial charge in [0, 0.05) is 19.1 Å². The highest BCUT2D eigenvalue weighted by Gasteiger charge is 2.31. The molecule has 1 fully saturated rings. The summed E-state index contributed by atoms with van der Waals surface area (Å²) >= 11 is 0. The Morgan fingerprint density at radius 1 is 1.05 bits per heavy atom. The summed E-state index contributed by atoms with van der Waals surface area (Å²) in [6.45, 7) is 11.2. The first-order valence-electron chi connectivity index (χ1n) is 7.78. The fourth-order valence-electron chi connectivity index (χ4n) is 2.42. The second kappa shape index (κ2) is 8.25. The summed E-state index contributed by atoms with van der Waals surface area (Å²) in [5.41, 5.74) is 0. The third-order valence-electron chi connectivity index (χ3n) is 3.73. The Balaban J connectivity index is 2.58. The molecule has 1 N–H and O–H groups in total. The first kappa shape index (κ1) is 17.0. The molecule has 0 aromatic carbocycles. The quantitative estimate of drug-likeness (QED) is 0.725. The van der Waals surface area contributed by atoms with Crippen molar-refractivity contribution in [2.75, 3.05) is 32.7 Å². The number of rotatable bonds is 8. The minimum absolute atomic E-state index is 0.0713. The van der Waals surface area contributed by atoms with Gasteiger partial charge < -0.3 is 15.1 Å². The highest BCUT2D eigenvalue weighted by atomic mass is 16.2. The Morgan fingerprint density at radius 3 is 2.20 bits per heavy atom. The maximum atomic E-state index is 12.2. The van der Waals surface area contributed by atoms with Gasteiger partial charge in [-0.05, 0) is 25.3 Å². The molecule has 5 nitrogen and oxygen atoms in total. The first-order valence-corrected chi connectivity index (χ1v) is 7.78. The van der Waals surface area contributed by atoms with E-state index in [0.717, 1.165) is 19.4 Å². The van der Waals surface area contributed by atoms with Crippen LogP contribution in [0.15, 0.2) is 0 Å². The number of carbonyl (C=O) groups excluding carboxylic acids is 2. The van der Waals surface area contributed by atoms with E-state index in [2.05, 4.69) is 26.1 Å². The number of amides is 2. The number of piperazine rings is 1. The molecule has 116 valence electrons. The lowest BCUT2D eigenvalue weighted by atomic mass is 10.0. The predicted molar refractivity (Wildman–Crippen MR) is 80.4 cm³/mol. The van der Waals surface area contributed by atoms with E-state index in [1.807, 2.05) is 6.92 Å². The van der Waals surface area contributed by atoms with Crippen molar-refractivity contribution in [3.8, 4) is 0 Å². The molecule has 0 bridgehead atoms.